The summed E-state index contributed by atoms with van der Waals surface area (Å²) in [5, 5.41) is 4.14. The molecule has 0 aliphatic carbocycles. The van der Waals surface area contributed by atoms with Crippen molar-refractivity contribution >= 4 is 28.7 Å². The average molecular weight is 427 g/mol. The SMILES string of the molecule is C=CC(=O)N1CCC(CNc2ncnc3[nH]cc(C(=O)N4CC(OC(C)C)C4)c23)CC1. The van der Waals surface area contributed by atoms with Gasteiger partial charge in [-0.25, -0.2) is 9.97 Å². The topological polar surface area (TPSA) is 103 Å². The van der Waals surface area contributed by atoms with Crippen molar-refractivity contribution in [3.63, 3.8) is 0 Å². The van der Waals surface area contributed by atoms with Gasteiger partial charge in [-0.05, 0) is 38.7 Å². The van der Waals surface area contributed by atoms with E-state index in [-0.39, 0.29) is 24.0 Å². The molecule has 2 saturated heterocycles. The number of rotatable bonds is 7. The van der Waals surface area contributed by atoms with Crippen LogP contribution in [0.3, 0.4) is 0 Å². The van der Waals surface area contributed by atoms with Gasteiger partial charge in [0.05, 0.1) is 23.2 Å². The molecule has 0 unspecified atom stereocenters. The number of nitrogens with one attached hydrogen (secondary N) is 2. The number of hydrogen-bond acceptors (Lipinski definition) is 6. The molecule has 9 heteroatoms. The van der Waals surface area contributed by atoms with E-state index in [4.69, 9.17) is 4.74 Å². The molecule has 0 aromatic carbocycles. The van der Waals surface area contributed by atoms with Gasteiger partial charge in [0.2, 0.25) is 5.91 Å². The number of amides is 2. The van der Waals surface area contributed by atoms with Crippen LogP contribution in [0.1, 0.15) is 37.0 Å². The zero-order valence-electron chi connectivity index (χ0n) is 18.1. The number of anilines is 1. The second-order valence-electron chi connectivity index (χ2n) is 8.52. The number of likely N-dealkylation sites (tertiary alicyclic amines) is 2. The fourth-order valence-electron chi connectivity index (χ4n) is 4.24. The summed E-state index contributed by atoms with van der Waals surface area (Å²) in [6.07, 6.45) is 6.67. The molecule has 9 nitrogen and oxygen atoms in total. The predicted molar refractivity (Wildman–Crippen MR) is 118 cm³/mol. The highest BCUT2D eigenvalue weighted by atomic mass is 16.5. The van der Waals surface area contributed by atoms with Gasteiger partial charge < -0.3 is 24.8 Å². The molecule has 0 bridgehead atoms. The lowest BCUT2D eigenvalue weighted by atomic mass is 9.96. The Hall–Kier alpha value is -2.94. The summed E-state index contributed by atoms with van der Waals surface area (Å²) in [6.45, 7) is 11.0. The number of aromatic nitrogens is 3. The van der Waals surface area contributed by atoms with Gasteiger partial charge in [-0.15, -0.1) is 0 Å². The van der Waals surface area contributed by atoms with E-state index in [9.17, 15) is 9.59 Å². The van der Waals surface area contributed by atoms with E-state index in [2.05, 4.69) is 26.8 Å². The molecule has 2 aromatic heterocycles. The zero-order valence-corrected chi connectivity index (χ0v) is 18.1. The summed E-state index contributed by atoms with van der Waals surface area (Å²) in [5.41, 5.74) is 1.22. The third-order valence-corrected chi connectivity index (χ3v) is 5.96. The fourth-order valence-corrected chi connectivity index (χ4v) is 4.24. The Balaban J connectivity index is 1.40. The maximum Gasteiger partial charge on any atom is 0.256 e. The van der Waals surface area contributed by atoms with Crippen molar-refractivity contribution in [2.75, 3.05) is 38.0 Å². The molecule has 2 amide bonds. The molecule has 31 heavy (non-hydrogen) atoms. The van der Waals surface area contributed by atoms with E-state index in [1.807, 2.05) is 18.7 Å². The number of aromatic amines is 1. The van der Waals surface area contributed by atoms with Crippen molar-refractivity contribution in [3.05, 3.63) is 30.7 Å². The van der Waals surface area contributed by atoms with Crippen LogP contribution >= 0.6 is 0 Å². The summed E-state index contributed by atoms with van der Waals surface area (Å²) in [4.78, 5) is 40.2. The van der Waals surface area contributed by atoms with E-state index in [1.54, 1.807) is 11.1 Å². The third kappa shape index (κ3) is 4.56. The molecular weight excluding hydrogens is 396 g/mol. The highest BCUT2D eigenvalue weighted by Gasteiger charge is 2.34. The van der Waals surface area contributed by atoms with Crippen LogP contribution in [0.15, 0.2) is 25.2 Å². The second-order valence-corrected chi connectivity index (χ2v) is 8.52. The first-order valence-corrected chi connectivity index (χ1v) is 10.9. The number of H-pyrrole nitrogens is 1. The number of hydrogen-bond donors (Lipinski definition) is 2. The van der Waals surface area contributed by atoms with Gasteiger partial charge in [0.25, 0.3) is 5.91 Å². The largest absolute Gasteiger partial charge is 0.372 e. The van der Waals surface area contributed by atoms with E-state index in [1.165, 1.54) is 12.4 Å². The van der Waals surface area contributed by atoms with Crippen molar-refractivity contribution < 1.29 is 14.3 Å². The van der Waals surface area contributed by atoms with Crippen LogP contribution in [0.25, 0.3) is 11.0 Å². The highest BCUT2D eigenvalue weighted by Crippen LogP contribution is 2.27. The smallest absolute Gasteiger partial charge is 0.256 e. The van der Waals surface area contributed by atoms with Gasteiger partial charge in [0.1, 0.15) is 17.8 Å². The quantitative estimate of drug-likeness (QED) is 0.657. The molecule has 166 valence electrons. The maximum atomic E-state index is 13.0. The minimum absolute atomic E-state index is 0.00794. The minimum Gasteiger partial charge on any atom is -0.372 e. The number of ether oxygens (including phenoxy) is 1. The number of fused-ring (bicyclic) bond motifs is 1. The fraction of sp³-hybridized carbons (Fsp3) is 0.545. The van der Waals surface area contributed by atoms with Gasteiger partial charge in [0.15, 0.2) is 0 Å². The molecule has 2 N–H and O–H groups in total. The van der Waals surface area contributed by atoms with E-state index >= 15 is 0 Å². The molecule has 2 aromatic rings. The standard InChI is InChI=1S/C22H30N6O3/c1-4-18(29)27-7-5-15(6-8-27)9-23-20-19-17(10-24-21(19)26-13-25-20)22(30)28-11-16(12-28)31-14(2)3/h4,10,13-16H,1,5-9,11-12H2,2-3H3,(H2,23,24,25,26). The van der Waals surface area contributed by atoms with Crippen molar-refractivity contribution in [3.8, 4) is 0 Å². The van der Waals surface area contributed by atoms with Crippen molar-refractivity contribution in [2.45, 2.75) is 38.9 Å². The van der Waals surface area contributed by atoms with Gasteiger partial charge in [-0.1, -0.05) is 6.58 Å². The van der Waals surface area contributed by atoms with Crippen LogP contribution < -0.4 is 5.32 Å². The Bertz CT molecular complexity index is 957. The Morgan fingerprint density at radius 2 is 2.03 bits per heavy atom. The van der Waals surface area contributed by atoms with Gasteiger partial charge in [-0.3, -0.25) is 9.59 Å². The lowest BCUT2D eigenvalue weighted by molar-refractivity contribution is -0.127. The lowest BCUT2D eigenvalue weighted by Crippen LogP contribution is -2.55. The minimum atomic E-state index is -0.0380. The second kappa shape index (κ2) is 9.05. The Kier molecular flexibility index (Phi) is 6.22. The molecule has 2 fully saturated rings. The molecule has 2 aliphatic rings. The lowest BCUT2D eigenvalue weighted by Gasteiger charge is -2.39. The summed E-state index contributed by atoms with van der Waals surface area (Å²) in [7, 11) is 0. The monoisotopic (exact) mass is 426 g/mol. The third-order valence-electron chi connectivity index (χ3n) is 5.96. The van der Waals surface area contributed by atoms with Crippen LogP contribution in [0.5, 0.6) is 0 Å². The molecule has 4 heterocycles. The van der Waals surface area contributed by atoms with Crippen LogP contribution in [0.4, 0.5) is 5.82 Å². The molecule has 0 saturated carbocycles. The summed E-state index contributed by atoms with van der Waals surface area (Å²) in [5.74, 6) is 1.05. The first-order valence-electron chi connectivity index (χ1n) is 10.9. The predicted octanol–water partition coefficient (Wildman–Crippen LogP) is 2.04. The van der Waals surface area contributed by atoms with Crippen LogP contribution in [0.2, 0.25) is 0 Å². The molecule has 0 spiro atoms. The number of nitrogens with zero attached hydrogens (tertiary/aromatic N) is 4. The van der Waals surface area contributed by atoms with E-state index < -0.39 is 0 Å². The van der Waals surface area contributed by atoms with Gasteiger partial charge in [-0.2, -0.15) is 0 Å². The van der Waals surface area contributed by atoms with Gasteiger partial charge in [0, 0.05) is 38.9 Å². The van der Waals surface area contributed by atoms with Crippen LogP contribution in [-0.2, 0) is 9.53 Å². The first kappa shape index (κ1) is 21.3. The van der Waals surface area contributed by atoms with E-state index in [0.29, 0.717) is 36.0 Å². The zero-order chi connectivity index (χ0) is 22.0. The maximum absolute atomic E-state index is 13.0. The molecule has 2 aliphatic heterocycles. The first-order chi connectivity index (χ1) is 15.0. The number of carbonyl (C=O) groups is 2. The van der Waals surface area contributed by atoms with Crippen LogP contribution in [-0.4, -0.2) is 81.5 Å². The van der Waals surface area contributed by atoms with Crippen molar-refractivity contribution in [2.24, 2.45) is 5.92 Å². The van der Waals surface area contributed by atoms with Crippen LogP contribution in [0, 0.1) is 5.92 Å². The number of piperidine rings is 1. The normalized spacial score (nSPS) is 17.8. The van der Waals surface area contributed by atoms with Crippen molar-refractivity contribution in [1.29, 1.82) is 0 Å². The molecular formula is C22H30N6O3. The Morgan fingerprint density at radius 3 is 2.71 bits per heavy atom. The Morgan fingerprint density at radius 1 is 1.29 bits per heavy atom. The number of carbonyl (C=O) groups excluding carboxylic acids is 2. The summed E-state index contributed by atoms with van der Waals surface area (Å²) >= 11 is 0. The molecule has 0 radical (unpaired) electrons. The average Bonchev–Trinajstić information content (AvgIpc) is 3.18. The highest BCUT2D eigenvalue weighted by molar-refractivity contribution is 6.09. The molecule has 4 rings (SSSR count). The van der Waals surface area contributed by atoms with Crippen molar-refractivity contribution in [1.82, 2.24) is 24.8 Å². The summed E-state index contributed by atoms with van der Waals surface area (Å²) < 4.78 is 5.76. The van der Waals surface area contributed by atoms with E-state index in [0.717, 1.165) is 37.9 Å². The van der Waals surface area contributed by atoms with Gasteiger partial charge >= 0.3 is 0 Å². The molecule has 0 atom stereocenters. The Labute approximate surface area is 181 Å². The summed E-state index contributed by atoms with van der Waals surface area (Å²) in [6, 6.07) is 0.